The monoisotopic (exact) mass is 279 g/mol. The molecule has 0 atom stereocenters. The third-order valence-electron chi connectivity index (χ3n) is 3.14. The summed E-state index contributed by atoms with van der Waals surface area (Å²) in [7, 11) is 2.91. The van der Waals surface area contributed by atoms with Crippen molar-refractivity contribution in [3.63, 3.8) is 0 Å². The van der Waals surface area contributed by atoms with E-state index in [9.17, 15) is 9.59 Å². The van der Waals surface area contributed by atoms with Gasteiger partial charge in [0.2, 0.25) is 0 Å². The molecular formula is C15H21NO4. The minimum atomic E-state index is -0.322. The summed E-state index contributed by atoms with van der Waals surface area (Å²) in [6.45, 7) is 4.67. The summed E-state index contributed by atoms with van der Waals surface area (Å²) in [5.74, 6) is 0.243. The number of amides is 1. The number of nitrogens with zero attached hydrogens (tertiary/aromatic N) is 1. The van der Waals surface area contributed by atoms with Gasteiger partial charge < -0.3 is 14.4 Å². The number of carbonyl (C=O) groups excluding carboxylic acids is 2. The van der Waals surface area contributed by atoms with Gasteiger partial charge >= 0.3 is 5.97 Å². The predicted octanol–water partition coefficient (Wildman–Crippen LogP) is 2.03. The van der Waals surface area contributed by atoms with Crippen LogP contribution in [-0.4, -0.2) is 44.1 Å². The van der Waals surface area contributed by atoms with Gasteiger partial charge in [0.05, 0.1) is 20.6 Å². The van der Waals surface area contributed by atoms with Crippen LogP contribution in [0.15, 0.2) is 18.2 Å². The molecule has 0 bridgehead atoms. The van der Waals surface area contributed by atoms with Gasteiger partial charge in [-0.15, -0.1) is 0 Å². The highest BCUT2D eigenvalue weighted by Crippen LogP contribution is 2.20. The Labute approximate surface area is 119 Å². The van der Waals surface area contributed by atoms with Crippen LogP contribution in [0.3, 0.4) is 0 Å². The molecule has 0 N–H and O–H groups in total. The van der Waals surface area contributed by atoms with E-state index in [1.54, 1.807) is 24.1 Å². The average molecular weight is 279 g/mol. The van der Waals surface area contributed by atoms with Crippen LogP contribution in [0.4, 0.5) is 0 Å². The van der Waals surface area contributed by atoms with Crippen LogP contribution in [0, 0.1) is 6.92 Å². The number of rotatable bonds is 6. The molecule has 0 radical (unpaired) electrons. The second-order valence-corrected chi connectivity index (χ2v) is 4.40. The van der Waals surface area contributed by atoms with E-state index in [1.807, 2.05) is 19.9 Å². The Hall–Kier alpha value is -2.04. The number of hydrogen-bond acceptors (Lipinski definition) is 4. The summed E-state index contributed by atoms with van der Waals surface area (Å²) in [4.78, 5) is 25.1. The van der Waals surface area contributed by atoms with E-state index in [4.69, 9.17) is 4.74 Å². The molecule has 0 aliphatic rings. The van der Waals surface area contributed by atoms with E-state index in [2.05, 4.69) is 4.74 Å². The number of ether oxygens (including phenoxy) is 2. The van der Waals surface area contributed by atoms with Crippen LogP contribution in [0.5, 0.6) is 5.75 Å². The van der Waals surface area contributed by atoms with Crippen molar-refractivity contribution in [1.29, 1.82) is 0 Å². The van der Waals surface area contributed by atoms with E-state index in [-0.39, 0.29) is 18.3 Å². The Morgan fingerprint density at radius 2 is 1.95 bits per heavy atom. The lowest BCUT2D eigenvalue weighted by Crippen LogP contribution is -2.33. The minimum Gasteiger partial charge on any atom is -0.496 e. The summed E-state index contributed by atoms with van der Waals surface area (Å²) >= 11 is 0. The molecule has 0 aliphatic carbocycles. The van der Waals surface area contributed by atoms with Gasteiger partial charge in [0, 0.05) is 18.7 Å². The summed E-state index contributed by atoms with van der Waals surface area (Å²) in [6.07, 6.45) is 0.194. The lowest BCUT2D eigenvalue weighted by atomic mass is 10.1. The fourth-order valence-electron chi connectivity index (χ4n) is 1.87. The van der Waals surface area contributed by atoms with Gasteiger partial charge in [-0.1, -0.05) is 6.07 Å². The Morgan fingerprint density at radius 1 is 1.25 bits per heavy atom. The Balaban J connectivity index is 2.82. The van der Waals surface area contributed by atoms with Crippen molar-refractivity contribution in [1.82, 2.24) is 4.90 Å². The summed E-state index contributed by atoms with van der Waals surface area (Å²) in [6, 6.07) is 5.33. The summed E-state index contributed by atoms with van der Waals surface area (Å²) in [5, 5.41) is 0. The molecule has 0 heterocycles. The van der Waals surface area contributed by atoms with Crippen LogP contribution < -0.4 is 4.74 Å². The normalized spacial score (nSPS) is 10.0. The van der Waals surface area contributed by atoms with Crippen molar-refractivity contribution >= 4 is 11.9 Å². The Morgan fingerprint density at radius 3 is 2.50 bits per heavy atom. The van der Waals surface area contributed by atoms with Crippen LogP contribution >= 0.6 is 0 Å². The van der Waals surface area contributed by atoms with E-state index in [0.717, 1.165) is 5.56 Å². The van der Waals surface area contributed by atoms with Gasteiger partial charge in [-0.25, -0.2) is 0 Å². The van der Waals surface area contributed by atoms with Gasteiger partial charge in [0.15, 0.2) is 0 Å². The van der Waals surface area contributed by atoms with Crippen LogP contribution in [0.2, 0.25) is 0 Å². The smallest absolute Gasteiger partial charge is 0.307 e. The summed E-state index contributed by atoms with van der Waals surface area (Å²) < 4.78 is 9.81. The van der Waals surface area contributed by atoms with Crippen molar-refractivity contribution in [2.45, 2.75) is 20.3 Å². The second kappa shape index (κ2) is 7.53. The van der Waals surface area contributed by atoms with Crippen LogP contribution in [-0.2, 0) is 9.53 Å². The van der Waals surface area contributed by atoms with E-state index >= 15 is 0 Å². The van der Waals surface area contributed by atoms with Gasteiger partial charge in [0.1, 0.15) is 5.75 Å². The quantitative estimate of drug-likeness (QED) is 0.748. The number of hydrogen-bond donors (Lipinski definition) is 0. The average Bonchev–Trinajstić information content (AvgIpc) is 2.47. The van der Waals surface area contributed by atoms with Crippen molar-refractivity contribution in [2.24, 2.45) is 0 Å². The van der Waals surface area contributed by atoms with Crippen molar-refractivity contribution in [3.8, 4) is 5.75 Å². The lowest BCUT2D eigenvalue weighted by molar-refractivity contribution is -0.140. The molecule has 0 unspecified atom stereocenters. The molecule has 1 amide bonds. The molecule has 0 saturated heterocycles. The topological polar surface area (TPSA) is 55.8 Å². The summed E-state index contributed by atoms with van der Waals surface area (Å²) in [5.41, 5.74) is 1.53. The van der Waals surface area contributed by atoms with Crippen molar-refractivity contribution < 1.29 is 19.1 Å². The van der Waals surface area contributed by atoms with Crippen LogP contribution in [0.25, 0.3) is 0 Å². The van der Waals surface area contributed by atoms with Gasteiger partial charge in [0.25, 0.3) is 5.91 Å². The molecule has 1 aromatic carbocycles. The number of carbonyl (C=O) groups is 2. The van der Waals surface area contributed by atoms with E-state index in [0.29, 0.717) is 24.4 Å². The minimum absolute atomic E-state index is 0.116. The molecule has 0 aliphatic heterocycles. The molecule has 1 aromatic rings. The Kier molecular flexibility index (Phi) is 6.03. The zero-order valence-electron chi connectivity index (χ0n) is 12.4. The SMILES string of the molecule is CCN(CCC(=O)OC)C(=O)c1ccc(C)c(OC)c1. The standard InChI is InChI=1S/C15H21NO4/c1-5-16(9-8-14(17)20-4)15(18)12-7-6-11(2)13(10-12)19-3/h6-7,10H,5,8-9H2,1-4H3. The lowest BCUT2D eigenvalue weighted by Gasteiger charge is -2.20. The van der Waals surface area contributed by atoms with Gasteiger partial charge in [-0.2, -0.15) is 0 Å². The Bertz CT molecular complexity index is 485. The zero-order valence-corrected chi connectivity index (χ0v) is 12.4. The van der Waals surface area contributed by atoms with Crippen molar-refractivity contribution in [3.05, 3.63) is 29.3 Å². The second-order valence-electron chi connectivity index (χ2n) is 4.40. The molecule has 0 spiro atoms. The van der Waals surface area contributed by atoms with Crippen molar-refractivity contribution in [2.75, 3.05) is 27.3 Å². The first kappa shape index (κ1) is 16.0. The highest BCUT2D eigenvalue weighted by molar-refractivity contribution is 5.95. The maximum atomic E-state index is 12.4. The maximum Gasteiger partial charge on any atom is 0.307 e. The maximum absolute atomic E-state index is 12.4. The van der Waals surface area contributed by atoms with E-state index < -0.39 is 0 Å². The van der Waals surface area contributed by atoms with Crippen LogP contribution in [0.1, 0.15) is 29.3 Å². The van der Waals surface area contributed by atoms with Gasteiger partial charge in [-0.05, 0) is 31.5 Å². The highest BCUT2D eigenvalue weighted by atomic mass is 16.5. The number of aryl methyl sites for hydroxylation is 1. The molecule has 1 rings (SSSR count). The molecule has 0 saturated carbocycles. The number of esters is 1. The van der Waals surface area contributed by atoms with E-state index in [1.165, 1.54) is 7.11 Å². The molecule has 5 nitrogen and oxygen atoms in total. The predicted molar refractivity (Wildman–Crippen MR) is 75.9 cm³/mol. The fourth-order valence-corrected chi connectivity index (χ4v) is 1.87. The zero-order chi connectivity index (χ0) is 15.1. The fraction of sp³-hybridized carbons (Fsp3) is 0.467. The molecule has 5 heteroatoms. The number of methoxy groups -OCH3 is 2. The molecule has 0 aromatic heterocycles. The highest BCUT2D eigenvalue weighted by Gasteiger charge is 2.16. The first-order valence-electron chi connectivity index (χ1n) is 6.54. The molecule has 110 valence electrons. The third kappa shape index (κ3) is 3.98. The largest absolute Gasteiger partial charge is 0.496 e. The third-order valence-corrected chi connectivity index (χ3v) is 3.14. The first-order chi connectivity index (χ1) is 9.53. The molecular weight excluding hydrogens is 258 g/mol. The first-order valence-corrected chi connectivity index (χ1v) is 6.54. The molecule has 0 fully saturated rings. The number of benzene rings is 1. The molecule has 20 heavy (non-hydrogen) atoms. The van der Waals surface area contributed by atoms with Gasteiger partial charge in [-0.3, -0.25) is 9.59 Å².